The molecule has 0 saturated heterocycles. The highest BCUT2D eigenvalue weighted by atomic mass is 16.7. The molecule has 37 heavy (non-hydrogen) atoms. The van der Waals surface area contributed by atoms with Gasteiger partial charge in [0.25, 0.3) is 0 Å². The van der Waals surface area contributed by atoms with Crippen molar-refractivity contribution in [1.82, 2.24) is 4.90 Å². The minimum atomic E-state index is -0.345. The monoisotopic (exact) mass is 503 g/mol. The number of carbonyl (C=O) groups is 1. The van der Waals surface area contributed by atoms with Crippen molar-refractivity contribution in [2.75, 3.05) is 41.3 Å². The van der Waals surface area contributed by atoms with Gasteiger partial charge in [-0.25, -0.2) is 0 Å². The number of nitrogens with zero attached hydrogens (tertiary/aromatic N) is 1. The lowest BCUT2D eigenvalue weighted by Gasteiger charge is -2.37. The lowest BCUT2D eigenvalue weighted by Crippen LogP contribution is -2.41. The molecule has 2 aliphatic rings. The van der Waals surface area contributed by atoms with Gasteiger partial charge in [0.2, 0.25) is 12.7 Å². The molecular formula is C29H29NO7. The molecule has 2 aliphatic heterocycles. The Morgan fingerprint density at radius 1 is 0.919 bits per heavy atom. The molecule has 1 atom stereocenters. The van der Waals surface area contributed by atoms with Gasteiger partial charge in [0, 0.05) is 12.6 Å². The summed E-state index contributed by atoms with van der Waals surface area (Å²) in [4.78, 5) is 15.3. The topological polar surface area (TPSA) is 75.7 Å². The molecule has 8 nitrogen and oxygen atoms in total. The summed E-state index contributed by atoms with van der Waals surface area (Å²) in [5, 5.41) is 0. The fourth-order valence-corrected chi connectivity index (χ4v) is 4.66. The zero-order valence-corrected chi connectivity index (χ0v) is 21.1. The lowest BCUT2D eigenvalue weighted by atomic mass is 9.92. The number of amides is 1. The summed E-state index contributed by atoms with van der Waals surface area (Å²) in [5.74, 6) is 3.76. The van der Waals surface area contributed by atoms with E-state index >= 15 is 0 Å². The first-order chi connectivity index (χ1) is 18.1. The third-order valence-electron chi connectivity index (χ3n) is 6.57. The smallest absolute Gasteiger partial charge is 0.247 e. The summed E-state index contributed by atoms with van der Waals surface area (Å²) in [6.07, 6.45) is 4.05. The number of rotatable bonds is 8. The molecule has 192 valence electrons. The van der Waals surface area contributed by atoms with Crippen molar-refractivity contribution < 1.29 is 33.2 Å². The Morgan fingerprint density at radius 2 is 1.65 bits per heavy atom. The van der Waals surface area contributed by atoms with Gasteiger partial charge in [0.1, 0.15) is 6.61 Å². The molecule has 0 aromatic heterocycles. The van der Waals surface area contributed by atoms with Crippen LogP contribution >= 0.6 is 0 Å². The molecule has 0 bridgehead atoms. The summed E-state index contributed by atoms with van der Waals surface area (Å²) < 4.78 is 33.5. The zero-order valence-electron chi connectivity index (χ0n) is 21.1. The van der Waals surface area contributed by atoms with Crippen LogP contribution in [0.15, 0.2) is 60.7 Å². The quantitative estimate of drug-likeness (QED) is 0.414. The van der Waals surface area contributed by atoms with Crippen molar-refractivity contribution in [2.24, 2.45) is 0 Å². The number of hydrogen-bond donors (Lipinski definition) is 0. The Morgan fingerprint density at radius 3 is 2.43 bits per heavy atom. The summed E-state index contributed by atoms with van der Waals surface area (Å²) >= 11 is 0. The molecular weight excluding hydrogens is 474 g/mol. The van der Waals surface area contributed by atoms with Crippen LogP contribution in [0.4, 0.5) is 0 Å². The second-order valence-electron chi connectivity index (χ2n) is 8.61. The van der Waals surface area contributed by atoms with Gasteiger partial charge in [-0.3, -0.25) is 4.79 Å². The Kier molecular flexibility index (Phi) is 7.07. The van der Waals surface area contributed by atoms with Gasteiger partial charge in [0.05, 0.1) is 27.4 Å². The number of methoxy groups -OCH3 is 3. The maximum Gasteiger partial charge on any atom is 0.247 e. The first kappa shape index (κ1) is 24.4. The van der Waals surface area contributed by atoms with Gasteiger partial charge >= 0.3 is 0 Å². The molecule has 2 heterocycles. The number of para-hydroxylation sites is 2. The number of ether oxygens (including phenoxy) is 6. The van der Waals surface area contributed by atoms with Crippen molar-refractivity contribution in [3.63, 3.8) is 0 Å². The van der Waals surface area contributed by atoms with Crippen LogP contribution in [0.2, 0.25) is 0 Å². The van der Waals surface area contributed by atoms with Gasteiger partial charge in [-0.05, 0) is 65.6 Å². The predicted octanol–water partition coefficient (Wildman–Crippen LogP) is 4.66. The normalized spacial score (nSPS) is 15.9. The number of carbonyl (C=O) groups excluding carboxylic acids is 1. The molecule has 3 aromatic rings. The lowest BCUT2D eigenvalue weighted by molar-refractivity contribution is -0.129. The van der Waals surface area contributed by atoms with Crippen LogP contribution in [0.25, 0.3) is 6.08 Å². The third kappa shape index (κ3) is 5.00. The van der Waals surface area contributed by atoms with E-state index in [1.54, 1.807) is 33.5 Å². The Balaban J connectivity index is 1.44. The van der Waals surface area contributed by atoms with E-state index in [0.29, 0.717) is 47.5 Å². The van der Waals surface area contributed by atoms with Crippen LogP contribution in [-0.4, -0.2) is 52.1 Å². The highest BCUT2D eigenvalue weighted by Crippen LogP contribution is 2.39. The molecule has 0 aliphatic carbocycles. The van der Waals surface area contributed by atoms with Gasteiger partial charge in [0.15, 0.2) is 34.5 Å². The highest BCUT2D eigenvalue weighted by molar-refractivity contribution is 5.92. The molecule has 0 fully saturated rings. The Hall–Kier alpha value is -4.33. The third-order valence-corrected chi connectivity index (χ3v) is 6.57. The summed E-state index contributed by atoms with van der Waals surface area (Å²) in [5.41, 5.74) is 2.90. The molecule has 5 rings (SSSR count). The molecule has 0 saturated carbocycles. The van der Waals surface area contributed by atoms with Gasteiger partial charge in [-0.15, -0.1) is 0 Å². The first-order valence-corrected chi connectivity index (χ1v) is 12.0. The average Bonchev–Trinajstić information content (AvgIpc) is 3.41. The van der Waals surface area contributed by atoms with Gasteiger partial charge in [-0.2, -0.15) is 0 Å². The van der Waals surface area contributed by atoms with Crippen LogP contribution < -0.4 is 28.4 Å². The first-order valence-electron chi connectivity index (χ1n) is 12.0. The van der Waals surface area contributed by atoms with Crippen LogP contribution in [0.5, 0.6) is 34.5 Å². The maximum absolute atomic E-state index is 13.5. The molecule has 1 amide bonds. The standard InChI is InChI=1S/C29H29NO7/c1-32-23-6-4-5-7-24(23)35-17-22-21-16-27(34-3)26(33-2)15-20(21)12-13-30(22)29(31)11-9-19-8-10-25-28(14-19)37-18-36-25/h4-11,14-16,22H,12-13,17-18H2,1-3H3/b11-9+. The fourth-order valence-electron chi connectivity index (χ4n) is 4.66. The molecule has 0 N–H and O–H groups in total. The minimum Gasteiger partial charge on any atom is -0.493 e. The van der Waals surface area contributed by atoms with Crippen LogP contribution in [0.1, 0.15) is 22.7 Å². The number of fused-ring (bicyclic) bond motifs is 2. The SMILES string of the molecule is COc1cc2c(cc1OC)C(COc1ccccc1OC)N(C(=O)/C=C/c1ccc3c(c1)OCO3)CC2. The van der Waals surface area contributed by atoms with E-state index in [1.165, 1.54) is 0 Å². The highest BCUT2D eigenvalue weighted by Gasteiger charge is 2.32. The average molecular weight is 504 g/mol. The second-order valence-corrected chi connectivity index (χ2v) is 8.61. The molecule has 3 aromatic carbocycles. The maximum atomic E-state index is 13.5. The fraction of sp³-hybridized carbons (Fsp3) is 0.276. The van der Waals surface area contributed by atoms with E-state index in [9.17, 15) is 4.79 Å². The summed E-state index contributed by atoms with van der Waals surface area (Å²) in [6.45, 7) is 0.982. The van der Waals surface area contributed by atoms with Crippen molar-refractivity contribution in [3.8, 4) is 34.5 Å². The van der Waals surface area contributed by atoms with Crippen molar-refractivity contribution in [3.05, 3.63) is 77.4 Å². The van der Waals surface area contributed by atoms with Gasteiger partial charge < -0.3 is 33.3 Å². The molecule has 0 spiro atoms. The zero-order chi connectivity index (χ0) is 25.8. The second kappa shape index (κ2) is 10.7. The van der Waals surface area contributed by atoms with Crippen molar-refractivity contribution >= 4 is 12.0 Å². The van der Waals surface area contributed by atoms with E-state index in [1.807, 2.05) is 59.5 Å². The van der Waals surface area contributed by atoms with E-state index in [0.717, 1.165) is 16.7 Å². The predicted molar refractivity (Wildman–Crippen MR) is 138 cm³/mol. The summed E-state index contributed by atoms with van der Waals surface area (Å²) in [6, 6.07) is 16.6. The Labute approximate surface area is 215 Å². The van der Waals surface area contributed by atoms with Crippen LogP contribution in [0, 0.1) is 0 Å². The van der Waals surface area contributed by atoms with Crippen LogP contribution in [-0.2, 0) is 11.2 Å². The largest absolute Gasteiger partial charge is 0.493 e. The van der Waals surface area contributed by atoms with Crippen molar-refractivity contribution in [2.45, 2.75) is 12.5 Å². The van der Waals surface area contributed by atoms with E-state index < -0.39 is 0 Å². The molecule has 0 radical (unpaired) electrons. The molecule has 8 heteroatoms. The Bertz CT molecular complexity index is 1320. The summed E-state index contributed by atoms with van der Waals surface area (Å²) in [7, 11) is 4.82. The van der Waals surface area contributed by atoms with E-state index in [4.69, 9.17) is 28.4 Å². The van der Waals surface area contributed by atoms with Gasteiger partial charge in [-0.1, -0.05) is 18.2 Å². The van der Waals surface area contributed by atoms with Crippen molar-refractivity contribution in [1.29, 1.82) is 0 Å². The molecule has 1 unspecified atom stereocenters. The van der Waals surface area contributed by atoms with E-state index in [-0.39, 0.29) is 25.3 Å². The number of benzene rings is 3. The minimum absolute atomic E-state index is 0.119. The number of hydrogen-bond acceptors (Lipinski definition) is 7. The van der Waals surface area contributed by atoms with Crippen LogP contribution in [0.3, 0.4) is 0 Å². The van der Waals surface area contributed by atoms with E-state index in [2.05, 4.69) is 0 Å².